The first kappa shape index (κ1) is 21.3. The minimum atomic E-state index is -0.627. The van der Waals surface area contributed by atoms with Crippen molar-refractivity contribution in [2.45, 2.75) is 6.42 Å². The topological polar surface area (TPSA) is 139 Å². The highest BCUT2D eigenvalue weighted by Crippen LogP contribution is 2.24. The third-order valence-electron chi connectivity index (χ3n) is 4.11. The van der Waals surface area contributed by atoms with E-state index in [1.165, 1.54) is 25.4 Å². The van der Waals surface area contributed by atoms with Gasteiger partial charge in [-0.3, -0.25) is 10.6 Å². The van der Waals surface area contributed by atoms with Crippen LogP contribution in [0.25, 0.3) is 11.2 Å². The van der Waals surface area contributed by atoms with Crippen molar-refractivity contribution < 1.29 is 19.1 Å². The molecule has 1 amide bonds. The number of hydrogen-bond acceptors (Lipinski definition) is 7. The molecule has 30 heavy (non-hydrogen) atoms. The molecule has 0 atom stereocenters. The SMILES string of the molecule is COC(=O)NCCCNc1nc2nccc(C(=N)N(O)c3ccc(F)c(Cl)c3)c2[nH]1. The highest BCUT2D eigenvalue weighted by molar-refractivity contribution is 6.31. The fourth-order valence-corrected chi connectivity index (χ4v) is 2.78. The minimum Gasteiger partial charge on any atom is -0.453 e. The Morgan fingerprint density at radius 3 is 2.93 bits per heavy atom. The van der Waals surface area contributed by atoms with E-state index in [1.807, 2.05) is 0 Å². The molecule has 5 N–H and O–H groups in total. The van der Waals surface area contributed by atoms with Gasteiger partial charge in [-0.2, -0.15) is 4.98 Å². The third kappa shape index (κ3) is 4.75. The van der Waals surface area contributed by atoms with Gasteiger partial charge in [0.2, 0.25) is 5.95 Å². The number of imidazole rings is 1. The van der Waals surface area contributed by atoms with E-state index in [0.29, 0.717) is 47.2 Å². The summed E-state index contributed by atoms with van der Waals surface area (Å²) < 4.78 is 17.9. The van der Waals surface area contributed by atoms with Gasteiger partial charge in [0, 0.05) is 24.8 Å². The standard InChI is InChI=1S/C18H19ClFN7O3/c1-30-18(28)24-7-2-6-23-17-25-14-11(5-8-22-16(14)26-17)15(21)27(29)10-3-4-13(20)12(19)9-10/h3-5,8-9,21,29H,2,6-7H2,1H3,(H,24,28)(H2,22,23,25,26). The molecule has 2 heterocycles. The Morgan fingerprint density at radius 2 is 2.20 bits per heavy atom. The van der Waals surface area contributed by atoms with Gasteiger partial charge in [0.15, 0.2) is 11.5 Å². The van der Waals surface area contributed by atoms with Crippen molar-refractivity contribution in [1.29, 1.82) is 5.41 Å². The lowest BCUT2D eigenvalue weighted by atomic mass is 10.2. The number of amides is 1. The molecular weight excluding hydrogens is 417 g/mol. The number of nitrogens with zero attached hydrogens (tertiary/aromatic N) is 3. The van der Waals surface area contributed by atoms with Crippen molar-refractivity contribution in [3.63, 3.8) is 0 Å². The number of anilines is 2. The Morgan fingerprint density at radius 1 is 1.40 bits per heavy atom. The zero-order valence-corrected chi connectivity index (χ0v) is 16.6. The van der Waals surface area contributed by atoms with Crippen LogP contribution in [0.2, 0.25) is 5.02 Å². The summed E-state index contributed by atoms with van der Waals surface area (Å²) in [5.74, 6) is -0.481. The van der Waals surface area contributed by atoms with E-state index < -0.39 is 11.9 Å². The Bertz CT molecular complexity index is 1080. The van der Waals surface area contributed by atoms with Gasteiger partial charge in [-0.15, -0.1) is 0 Å². The lowest BCUT2D eigenvalue weighted by molar-refractivity contribution is 0.171. The van der Waals surface area contributed by atoms with Crippen LogP contribution in [-0.2, 0) is 4.74 Å². The van der Waals surface area contributed by atoms with Crippen molar-refractivity contribution >= 4 is 46.3 Å². The molecule has 158 valence electrons. The number of fused-ring (bicyclic) bond motifs is 1. The lowest BCUT2D eigenvalue weighted by Gasteiger charge is -2.18. The van der Waals surface area contributed by atoms with E-state index in [2.05, 4.69) is 30.3 Å². The molecule has 2 aromatic heterocycles. The number of hydrogen-bond donors (Lipinski definition) is 5. The Kier molecular flexibility index (Phi) is 6.65. The smallest absolute Gasteiger partial charge is 0.406 e. The lowest BCUT2D eigenvalue weighted by Crippen LogP contribution is -2.27. The number of carbonyl (C=O) groups is 1. The summed E-state index contributed by atoms with van der Waals surface area (Å²) in [6.07, 6.45) is 1.59. The monoisotopic (exact) mass is 435 g/mol. The summed E-state index contributed by atoms with van der Waals surface area (Å²) in [5.41, 5.74) is 1.24. The molecule has 0 saturated carbocycles. The second kappa shape index (κ2) is 9.37. The van der Waals surface area contributed by atoms with Crippen LogP contribution >= 0.6 is 11.6 Å². The first-order chi connectivity index (χ1) is 14.4. The number of alkyl carbamates (subject to hydrolysis) is 1. The molecule has 0 saturated heterocycles. The number of halogens is 2. The van der Waals surface area contributed by atoms with Crippen molar-refractivity contribution in [1.82, 2.24) is 20.3 Å². The van der Waals surface area contributed by atoms with Gasteiger partial charge in [-0.05, 0) is 30.7 Å². The Balaban J connectivity index is 1.72. The van der Waals surface area contributed by atoms with Crippen molar-refractivity contribution in [3.05, 3.63) is 46.9 Å². The largest absolute Gasteiger partial charge is 0.453 e. The van der Waals surface area contributed by atoms with Gasteiger partial charge in [0.25, 0.3) is 0 Å². The van der Waals surface area contributed by atoms with E-state index in [0.717, 1.165) is 6.07 Å². The number of hydroxylamine groups is 1. The summed E-state index contributed by atoms with van der Waals surface area (Å²) in [5, 5.41) is 24.8. The number of pyridine rings is 1. The summed E-state index contributed by atoms with van der Waals surface area (Å²) in [7, 11) is 1.29. The maximum absolute atomic E-state index is 13.4. The number of methoxy groups -OCH3 is 1. The van der Waals surface area contributed by atoms with E-state index in [4.69, 9.17) is 17.0 Å². The van der Waals surface area contributed by atoms with E-state index in [-0.39, 0.29) is 16.5 Å². The van der Waals surface area contributed by atoms with Crippen LogP contribution in [-0.4, -0.2) is 52.3 Å². The molecule has 0 bridgehead atoms. The van der Waals surface area contributed by atoms with Gasteiger partial charge >= 0.3 is 6.09 Å². The molecule has 0 spiro atoms. The molecule has 3 aromatic rings. The molecular formula is C18H19ClFN7O3. The molecule has 0 unspecified atom stereocenters. The number of rotatable bonds is 7. The molecule has 12 heteroatoms. The quantitative estimate of drug-likeness (QED) is 0.166. The maximum Gasteiger partial charge on any atom is 0.406 e. The van der Waals surface area contributed by atoms with E-state index >= 15 is 0 Å². The van der Waals surface area contributed by atoms with Crippen LogP contribution in [0.1, 0.15) is 12.0 Å². The highest BCUT2D eigenvalue weighted by atomic mass is 35.5. The number of amidine groups is 1. The first-order valence-electron chi connectivity index (χ1n) is 8.84. The number of benzene rings is 1. The number of aromatic amines is 1. The van der Waals surface area contributed by atoms with E-state index in [9.17, 15) is 14.4 Å². The molecule has 0 radical (unpaired) electrons. The predicted molar refractivity (Wildman–Crippen MR) is 110 cm³/mol. The zero-order chi connectivity index (χ0) is 21.7. The van der Waals surface area contributed by atoms with Crippen molar-refractivity contribution in [2.24, 2.45) is 0 Å². The summed E-state index contributed by atoms with van der Waals surface area (Å²) in [4.78, 5) is 22.5. The predicted octanol–water partition coefficient (Wildman–Crippen LogP) is 3.13. The number of nitrogens with one attached hydrogen (secondary N) is 4. The fraction of sp³-hybridized carbons (Fsp3) is 0.222. The molecule has 0 aliphatic rings. The van der Waals surface area contributed by atoms with Crippen LogP contribution in [0.4, 0.5) is 20.8 Å². The van der Waals surface area contributed by atoms with Gasteiger partial charge < -0.3 is 20.4 Å². The molecule has 0 fully saturated rings. The average Bonchev–Trinajstić information content (AvgIpc) is 3.17. The maximum atomic E-state index is 13.4. The average molecular weight is 436 g/mol. The number of aromatic nitrogens is 3. The Hall–Kier alpha value is -3.44. The molecule has 0 aliphatic heterocycles. The van der Waals surface area contributed by atoms with Gasteiger partial charge in [-0.1, -0.05) is 11.6 Å². The van der Waals surface area contributed by atoms with Gasteiger partial charge in [-0.25, -0.2) is 19.2 Å². The zero-order valence-electron chi connectivity index (χ0n) is 15.9. The minimum absolute atomic E-state index is 0.132. The van der Waals surface area contributed by atoms with Crippen LogP contribution in [0.5, 0.6) is 0 Å². The Labute approximate surface area is 175 Å². The van der Waals surface area contributed by atoms with Crippen LogP contribution in [0, 0.1) is 11.2 Å². The number of ether oxygens (including phenoxy) is 1. The summed E-state index contributed by atoms with van der Waals surface area (Å²) >= 11 is 5.76. The van der Waals surface area contributed by atoms with Crippen LogP contribution in [0.3, 0.4) is 0 Å². The van der Waals surface area contributed by atoms with Crippen molar-refractivity contribution in [3.8, 4) is 0 Å². The molecule has 1 aromatic carbocycles. The van der Waals surface area contributed by atoms with Gasteiger partial charge in [0.05, 0.1) is 23.3 Å². The summed E-state index contributed by atoms with van der Waals surface area (Å²) in [6, 6.07) is 5.16. The van der Waals surface area contributed by atoms with Crippen LogP contribution < -0.4 is 15.7 Å². The number of H-pyrrole nitrogens is 1. The van der Waals surface area contributed by atoms with E-state index in [1.54, 1.807) is 6.07 Å². The summed E-state index contributed by atoms with van der Waals surface area (Å²) in [6.45, 7) is 0.935. The number of carbonyl (C=O) groups excluding carboxylic acids is 1. The van der Waals surface area contributed by atoms with Crippen molar-refractivity contribution in [2.75, 3.05) is 30.6 Å². The second-order valence-electron chi connectivity index (χ2n) is 6.10. The third-order valence-corrected chi connectivity index (χ3v) is 4.40. The molecule has 3 rings (SSSR count). The van der Waals surface area contributed by atoms with Crippen LogP contribution in [0.15, 0.2) is 30.5 Å². The molecule has 10 nitrogen and oxygen atoms in total. The highest BCUT2D eigenvalue weighted by Gasteiger charge is 2.18. The normalized spacial score (nSPS) is 10.7. The molecule has 0 aliphatic carbocycles. The first-order valence-corrected chi connectivity index (χ1v) is 9.22. The van der Waals surface area contributed by atoms with Gasteiger partial charge in [0.1, 0.15) is 5.82 Å². The fourth-order valence-electron chi connectivity index (χ4n) is 2.61. The second-order valence-corrected chi connectivity index (χ2v) is 6.51.